The van der Waals surface area contributed by atoms with Crippen molar-refractivity contribution in [3.8, 4) is 0 Å². The van der Waals surface area contributed by atoms with Crippen LogP contribution in [0.5, 0.6) is 0 Å². The summed E-state index contributed by atoms with van der Waals surface area (Å²) >= 11 is 0. The number of nitrogens with zero attached hydrogens (tertiary/aromatic N) is 2. The molecule has 1 heterocycles. The van der Waals surface area contributed by atoms with Gasteiger partial charge in [0.25, 0.3) is 0 Å². The molecule has 1 aliphatic heterocycles. The molecule has 0 radical (unpaired) electrons. The molecule has 0 aromatic heterocycles. The molecule has 0 aromatic rings. The standard InChI is InChI=1S/C23H46N2/c1-19(2,3)17-18(20(4,5)6)25(22(10,11)12)16-23(13-14-23)15-24(17)21(7,8)9/h17-18H,13-16H2,1-12H3. The van der Waals surface area contributed by atoms with E-state index in [-0.39, 0.29) is 21.9 Å². The molecule has 1 spiro atoms. The van der Waals surface area contributed by atoms with Crippen LogP contribution in [0.2, 0.25) is 0 Å². The molecule has 0 N–H and O–H groups in total. The Hall–Kier alpha value is -0.0800. The summed E-state index contributed by atoms with van der Waals surface area (Å²) in [6.45, 7) is 31.8. The average molecular weight is 351 g/mol. The van der Waals surface area contributed by atoms with Crippen LogP contribution >= 0.6 is 0 Å². The molecule has 0 aromatic carbocycles. The first-order valence-corrected chi connectivity index (χ1v) is 10.4. The van der Waals surface area contributed by atoms with Crippen molar-refractivity contribution >= 4 is 0 Å². The van der Waals surface area contributed by atoms with Crippen molar-refractivity contribution < 1.29 is 0 Å². The van der Waals surface area contributed by atoms with Gasteiger partial charge in [0.1, 0.15) is 0 Å². The van der Waals surface area contributed by atoms with Crippen molar-refractivity contribution in [2.45, 2.75) is 119 Å². The first kappa shape index (κ1) is 21.2. The summed E-state index contributed by atoms with van der Waals surface area (Å²) in [6.07, 6.45) is 2.81. The minimum atomic E-state index is 0.199. The first-order valence-electron chi connectivity index (χ1n) is 10.4. The molecule has 1 saturated heterocycles. The van der Waals surface area contributed by atoms with Gasteiger partial charge in [-0.3, -0.25) is 9.80 Å². The Morgan fingerprint density at radius 1 is 0.560 bits per heavy atom. The lowest BCUT2D eigenvalue weighted by Gasteiger charge is -2.57. The zero-order valence-electron chi connectivity index (χ0n) is 19.4. The van der Waals surface area contributed by atoms with E-state index in [0.717, 1.165) is 0 Å². The molecule has 0 amide bonds. The van der Waals surface area contributed by atoms with Crippen LogP contribution in [-0.4, -0.2) is 46.1 Å². The summed E-state index contributed by atoms with van der Waals surface area (Å²) in [4.78, 5) is 5.78. The quantitative estimate of drug-likeness (QED) is 0.544. The second-order valence-electron chi connectivity index (χ2n) is 13.2. The lowest BCUT2D eigenvalue weighted by molar-refractivity contribution is -0.0705. The molecule has 0 bridgehead atoms. The Morgan fingerprint density at radius 2 is 0.840 bits per heavy atom. The molecule has 2 rings (SSSR count). The predicted molar refractivity (Wildman–Crippen MR) is 111 cm³/mol. The van der Waals surface area contributed by atoms with E-state index in [9.17, 15) is 0 Å². The van der Waals surface area contributed by atoms with Crippen molar-refractivity contribution in [2.24, 2.45) is 16.2 Å². The van der Waals surface area contributed by atoms with E-state index in [0.29, 0.717) is 17.5 Å². The van der Waals surface area contributed by atoms with Gasteiger partial charge in [0, 0.05) is 36.3 Å². The van der Waals surface area contributed by atoms with Crippen LogP contribution in [0.3, 0.4) is 0 Å². The fraction of sp³-hybridized carbons (Fsp3) is 1.00. The molecule has 2 heteroatoms. The lowest BCUT2D eigenvalue weighted by atomic mass is 9.69. The second kappa shape index (κ2) is 5.96. The number of rotatable bonds is 0. The van der Waals surface area contributed by atoms with Crippen LogP contribution in [0, 0.1) is 16.2 Å². The van der Waals surface area contributed by atoms with Gasteiger partial charge < -0.3 is 0 Å². The van der Waals surface area contributed by atoms with E-state index in [1.165, 1.54) is 25.9 Å². The van der Waals surface area contributed by atoms with Crippen LogP contribution in [0.1, 0.15) is 95.9 Å². The maximum atomic E-state index is 2.89. The maximum Gasteiger partial charge on any atom is 0.0310 e. The fourth-order valence-corrected chi connectivity index (χ4v) is 4.99. The highest BCUT2D eigenvalue weighted by Gasteiger charge is 2.58. The van der Waals surface area contributed by atoms with Crippen molar-refractivity contribution in [3.05, 3.63) is 0 Å². The Morgan fingerprint density at radius 3 is 1.00 bits per heavy atom. The smallest absolute Gasteiger partial charge is 0.0310 e. The third-order valence-corrected chi connectivity index (χ3v) is 6.44. The molecular weight excluding hydrogens is 304 g/mol. The van der Waals surface area contributed by atoms with E-state index in [1.807, 2.05) is 0 Å². The van der Waals surface area contributed by atoms with Gasteiger partial charge in [-0.1, -0.05) is 41.5 Å². The topological polar surface area (TPSA) is 6.48 Å². The summed E-state index contributed by atoms with van der Waals surface area (Å²) in [7, 11) is 0. The molecule has 2 atom stereocenters. The van der Waals surface area contributed by atoms with Crippen LogP contribution in [0.25, 0.3) is 0 Å². The average Bonchev–Trinajstić information content (AvgIpc) is 3.08. The van der Waals surface area contributed by atoms with E-state index < -0.39 is 0 Å². The maximum absolute atomic E-state index is 2.89. The third-order valence-electron chi connectivity index (χ3n) is 6.44. The van der Waals surface area contributed by atoms with Gasteiger partial charge in [-0.25, -0.2) is 0 Å². The molecule has 2 unspecified atom stereocenters. The van der Waals surface area contributed by atoms with Crippen LogP contribution in [-0.2, 0) is 0 Å². The molecule has 1 saturated carbocycles. The highest BCUT2D eigenvalue weighted by molar-refractivity contribution is 5.12. The summed E-state index contributed by atoms with van der Waals surface area (Å²) < 4.78 is 0. The van der Waals surface area contributed by atoms with Gasteiger partial charge in [0.05, 0.1) is 0 Å². The van der Waals surface area contributed by atoms with E-state index in [4.69, 9.17) is 0 Å². The minimum absolute atomic E-state index is 0.199. The summed E-state index contributed by atoms with van der Waals surface area (Å²) in [5.41, 5.74) is 1.41. The lowest BCUT2D eigenvalue weighted by Crippen LogP contribution is -2.66. The van der Waals surface area contributed by atoms with Gasteiger partial charge >= 0.3 is 0 Å². The van der Waals surface area contributed by atoms with Crippen molar-refractivity contribution in [1.29, 1.82) is 0 Å². The minimum Gasteiger partial charge on any atom is -0.293 e. The van der Waals surface area contributed by atoms with E-state index in [1.54, 1.807) is 0 Å². The van der Waals surface area contributed by atoms with Crippen LogP contribution in [0.15, 0.2) is 0 Å². The Labute approximate surface area is 158 Å². The van der Waals surface area contributed by atoms with Gasteiger partial charge in [-0.15, -0.1) is 0 Å². The largest absolute Gasteiger partial charge is 0.293 e. The second-order valence-corrected chi connectivity index (χ2v) is 13.2. The SMILES string of the molecule is CC(C)(C)C1C(C(C)(C)C)N(C(C)(C)C)CC2(CC2)CN1C(C)(C)C. The highest BCUT2D eigenvalue weighted by atomic mass is 15.3. The van der Waals surface area contributed by atoms with Crippen LogP contribution in [0.4, 0.5) is 0 Å². The molecule has 25 heavy (non-hydrogen) atoms. The molecular formula is C23H46N2. The van der Waals surface area contributed by atoms with Gasteiger partial charge in [-0.2, -0.15) is 0 Å². The summed E-state index contributed by atoms with van der Waals surface area (Å²) in [5, 5.41) is 0. The Balaban J connectivity index is 2.67. The van der Waals surface area contributed by atoms with Crippen molar-refractivity contribution in [3.63, 3.8) is 0 Å². The zero-order chi connectivity index (χ0) is 19.6. The summed E-state index contributed by atoms with van der Waals surface area (Å²) in [6, 6.07) is 1.10. The molecule has 148 valence electrons. The number of hydrogen-bond acceptors (Lipinski definition) is 2. The summed E-state index contributed by atoms with van der Waals surface area (Å²) in [5.74, 6) is 0. The third kappa shape index (κ3) is 4.43. The Bertz CT molecular complexity index is 432. The zero-order valence-corrected chi connectivity index (χ0v) is 19.4. The molecule has 2 fully saturated rings. The van der Waals surface area contributed by atoms with Gasteiger partial charge in [0.2, 0.25) is 0 Å². The van der Waals surface area contributed by atoms with Gasteiger partial charge in [-0.05, 0) is 70.6 Å². The molecule has 2 nitrogen and oxygen atoms in total. The van der Waals surface area contributed by atoms with E-state index in [2.05, 4.69) is 92.9 Å². The molecule has 2 aliphatic rings. The monoisotopic (exact) mass is 350 g/mol. The Kier molecular flexibility index (Phi) is 5.06. The van der Waals surface area contributed by atoms with Crippen molar-refractivity contribution in [1.82, 2.24) is 9.80 Å². The van der Waals surface area contributed by atoms with Gasteiger partial charge in [0.15, 0.2) is 0 Å². The highest BCUT2D eigenvalue weighted by Crippen LogP contribution is 2.54. The van der Waals surface area contributed by atoms with Crippen molar-refractivity contribution in [2.75, 3.05) is 13.1 Å². The number of hydrogen-bond donors (Lipinski definition) is 0. The fourth-order valence-electron chi connectivity index (χ4n) is 4.99. The first-order chi connectivity index (χ1) is 10.9. The predicted octanol–water partition coefficient (Wildman–Crippen LogP) is 5.81. The van der Waals surface area contributed by atoms with Crippen LogP contribution < -0.4 is 0 Å². The molecule has 1 aliphatic carbocycles. The van der Waals surface area contributed by atoms with E-state index >= 15 is 0 Å². The normalized spacial score (nSPS) is 29.8.